The van der Waals surface area contributed by atoms with Crippen molar-refractivity contribution < 1.29 is 26.9 Å². The van der Waals surface area contributed by atoms with Gasteiger partial charge in [-0.2, -0.15) is 4.98 Å². The molecule has 2 heterocycles. The standard InChI is InChI=1S/C19H23FN4O5S/c1-12-11-14(3-4-15(12)20)18-22-17(29-23-18)6-5-16(25)21-13(2)19(26)24-7-9-30(27,28)10-8-24/h3-4,11,13H,5-10H2,1-2H3,(H,21,25). The summed E-state index contributed by atoms with van der Waals surface area (Å²) >= 11 is 0. The molecular weight excluding hydrogens is 415 g/mol. The Balaban J connectivity index is 1.49. The maximum atomic E-state index is 13.4. The number of hydrogen-bond acceptors (Lipinski definition) is 7. The molecule has 9 nitrogen and oxygen atoms in total. The van der Waals surface area contributed by atoms with Crippen LogP contribution >= 0.6 is 0 Å². The minimum Gasteiger partial charge on any atom is -0.345 e. The van der Waals surface area contributed by atoms with E-state index in [1.807, 2.05) is 0 Å². The first-order valence-electron chi connectivity index (χ1n) is 9.52. The van der Waals surface area contributed by atoms with Crippen LogP contribution in [-0.2, 0) is 25.8 Å². The zero-order chi connectivity index (χ0) is 21.9. The van der Waals surface area contributed by atoms with Gasteiger partial charge in [0.25, 0.3) is 0 Å². The van der Waals surface area contributed by atoms with E-state index in [-0.39, 0.29) is 61.0 Å². The predicted molar refractivity (Wildman–Crippen MR) is 106 cm³/mol. The van der Waals surface area contributed by atoms with Crippen LogP contribution in [0.1, 0.15) is 24.8 Å². The molecule has 0 spiro atoms. The molecule has 2 amide bonds. The maximum Gasteiger partial charge on any atom is 0.244 e. The van der Waals surface area contributed by atoms with E-state index in [1.54, 1.807) is 26.0 Å². The van der Waals surface area contributed by atoms with Gasteiger partial charge in [-0.1, -0.05) is 5.16 Å². The normalized spacial score (nSPS) is 16.8. The lowest BCUT2D eigenvalue weighted by atomic mass is 10.1. The molecule has 162 valence electrons. The monoisotopic (exact) mass is 438 g/mol. The van der Waals surface area contributed by atoms with E-state index >= 15 is 0 Å². The number of benzene rings is 1. The molecule has 3 rings (SSSR count). The van der Waals surface area contributed by atoms with E-state index in [1.165, 1.54) is 11.0 Å². The Morgan fingerprint density at radius 3 is 2.67 bits per heavy atom. The van der Waals surface area contributed by atoms with Gasteiger partial charge in [-0.3, -0.25) is 9.59 Å². The van der Waals surface area contributed by atoms with Gasteiger partial charge in [-0.25, -0.2) is 12.8 Å². The smallest absolute Gasteiger partial charge is 0.244 e. The Morgan fingerprint density at radius 1 is 1.30 bits per heavy atom. The van der Waals surface area contributed by atoms with E-state index in [2.05, 4.69) is 15.5 Å². The average molecular weight is 438 g/mol. The molecule has 0 saturated carbocycles. The van der Waals surface area contributed by atoms with Gasteiger partial charge in [0, 0.05) is 31.5 Å². The Hall–Kier alpha value is -2.82. The van der Waals surface area contributed by atoms with Crippen LogP contribution < -0.4 is 5.32 Å². The number of rotatable bonds is 6. The molecule has 0 aliphatic carbocycles. The fraction of sp³-hybridized carbons (Fsp3) is 0.474. The number of nitrogens with one attached hydrogen (secondary N) is 1. The van der Waals surface area contributed by atoms with Crippen LogP contribution in [0.15, 0.2) is 22.7 Å². The average Bonchev–Trinajstić information content (AvgIpc) is 3.17. The van der Waals surface area contributed by atoms with Gasteiger partial charge < -0.3 is 14.7 Å². The molecule has 30 heavy (non-hydrogen) atoms. The lowest BCUT2D eigenvalue weighted by molar-refractivity contribution is -0.135. The quantitative estimate of drug-likeness (QED) is 0.710. The molecule has 0 radical (unpaired) electrons. The number of nitrogens with zero attached hydrogens (tertiary/aromatic N) is 3. The largest absolute Gasteiger partial charge is 0.345 e. The number of carbonyl (C=O) groups excluding carboxylic acids is 2. The van der Waals surface area contributed by atoms with Crippen molar-refractivity contribution in [3.8, 4) is 11.4 Å². The third-order valence-electron chi connectivity index (χ3n) is 4.85. The van der Waals surface area contributed by atoms with Crippen molar-refractivity contribution in [3.63, 3.8) is 0 Å². The van der Waals surface area contributed by atoms with Gasteiger partial charge in [0.05, 0.1) is 11.5 Å². The number of carbonyl (C=O) groups is 2. The summed E-state index contributed by atoms with van der Waals surface area (Å²) < 4.78 is 41.5. The van der Waals surface area contributed by atoms with E-state index in [4.69, 9.17) is 4.52 Å². The van der Waals surface area contributed by atoms with Crippen LogP contribution in [0.5, 0.6) is 0 Å². The lowest BCUT2D eigenvalue weighted by Crippen LogP contribution is -2.51. The molecule has 1 aromatic heterocycles. The highest BCUT2D eigenvalue weighted by atomic mass is 32.2. The third-order valence-corrected chi connectivity index (χ3v) is 6.46. The topological polar surface area (TPSA) is 122 Å². The van der Waals surface area contributed by atoms with Crippen molar-refractivity contribution in [2.24, 2.45) is 0 Å². The molecule has 0 bridgehead atoms. The first kappa shape index (κ1) is 21.9. The van der Waals surface area contributed by atoms with Crippen molar-refractivity contribution in [1.82, 2.24) is 20.4 Å². The summed E-state index contributed by atoms with van der Waals surface area (Å²) in [6.07, 6.45) is 0.220. The van der Waals surface area contributed by atoms with Crippen molar-refractivity contribution in [1.29, 1.82) is 0 Å². The highest BCUT2D eigenvalue weighted by Gasteiger charge is 2.28. The summed E-state index contributed by atoms with van der Waals surface area (Å²) in [7, 11) is -3.08. The highest BCUT2D eigenvalue weighted by molar-refractivity contribution is 7.91. The van der Waals surface area contributed by atoms with Crippen molar-refractivity contribution in [3.05, 3.63) is 35.5 Å². The predicted octanol–water partition coefficient (Wildman–Crippen LogP) is 0.878. The first-order valence-corrected chi connectivity index (χ1v) is 11.3. The van der Waals surface area contributed by atoms with Crippen LogP contribution in [0.3, 0.4) is 0 Å². The van der Waals surface area contributed by atoms with Crippen molar-refractivity contribution in [2.45, 2.75) is 32.7 Å². The number of aromatic nitrogens is 2. The maximum absolute atomic E-state index is 13.4. The summed E-state index contributed by atoms with van der Waals surface area (Å²) in [5.41, 5.74) is 1.07. The second-order valence-electron chi connectivity index (χ2n) is 7.24. The Labute approximate surface area is 173 Å². The molecule has 1 aliphatic heterocycles. The van der Waals surface area contributed by atoms with Crippen LogP contribution in [0.25, 0.3) is 11.4 Å². The van der Waals surface area contributed by atoms with E-state index < -0.39 is 15.9 Å². The Bertz CT molecular complexity index is 1040. The molecule has 1 aromatic carbocycles. The van der Waals surface area contributed by atoms with E-state index in [0.29, 0.717) is 17.0 Å². The summed E-state index contributed by atoms with van der Waals surface area (Å²) in [5.74, 6) is -0.574. The van der Waals surface area contributed by atoms with Crippen LogP contribution in [-0.4, -0.2) is 65.9 Å². The van der Waals surface area contributed by atoms with Crippen LogP contribution in [0.4, 0.5) is 4.39 Å². The molecule has 1 atom stereocenters. The second-order valence-corrected chi connectivity index (χ2v) is 9.55. The number of amides is 2. The van der Waals surface area contributed by atoms with E-state index in [9.17, 15) is 22.4 Å². The van der Waals surface area contributed by atoms with Crippen molar-refractivity contribution >= 4 is 21.7 Å². The molecular formula is C19H23FN4O5S. The summed E-state index contributed by atoms with van der Waals surface area (Å²) in [6, 6.07) is 3.71. The van der Waals surface area contributed by atoms with Gasteiger partial charge in [0.1, 0.15) is 11.9 Å². The van der Waals surface area contributed by atoms with Crippen molar-refractivity contribution in [2.75, 3.05) is 24.6 Å². The zero-order valence-electron chi connectivity index (χ0n) is 16.7. The fourth-order valence-electron chi connectivity index (χ4n) is 3.06. The molecule has 1 saturated heterocycles. The minimum absolute atomic E-state index is 0.0378. The highest BCUT2D eigenvalue weighted by Crippen LogP contribution is 2.19. The van der Waals surface area contributed by atoms with Crippen LogP contribution in [0.2, 0.25) is 0 Å². The molecule has 2 aromatic rings. The summed E-state index contributed by atoms with van der Waals surface area (Å²) in [5, 5.41) is 6.46. The minimum atomic E-state index is -3.08. The second kappa shape index (κ2) is 8.90. The van der Waals surface area contributed by atoms with Gasteiger partial charge >= 0.3 is 0 Å². The number of sulfone groups is 1. The number of halogens is 1. The van der Waals surface area contributed by atoms with Crippen LogP contribution in [0, 0.1) is 12.7 Å². The summed E-state index contributed by atoms with van der Waals surface area (Å²) in [6.45, 7) is 3.46. The third kappa shape index (κ3) is 5.41. The molecule has 1 unspecified atom stereocenters. The van der Waals surface area contributed by atoms with Gasteiger partial charge in [-0.15, -0.1) is 0 Å². The SMILES string of the molecule is Cc1cc(-c2noc(CCC(=O)NC(C)C(=O)N3CCS(=O)(=O)CC3)n2)ccc1F. The van der Waals surface area contributed by atoms with Gasteiger partial charge in [0.15, 0.2) is 9.84 Å². The Morgan fingerprint density at radius 2 is 2.00 bits per heavy atom. The zero-order valence-corrected chi connectivity index (χ0v) is 17.5. The molecule has 1 aliphatic rings. The molecule has 1 N–H and O–H groups in total. The molecule has 1 fully saturated rings. The van der Waals surface area contributed by atoms with Gasteiger partial charge in [0.2, 0.25) is 23.5 Å². The van der Waals surface area contributed by atoms with Gasteiger partial charge in [-0.05, 0) is 37.6 Å². The molecule has 11 heteroatoms. The first-order chi connectivity index (χ1) is 14.1. The fourth-order valence-corrected chi connectivity index (χ4v) is 4.26. The summed E-state index contributed by atoms with van der Waals surface area (Å²) in [4.78, 5) is 30.2. The number of hydrogen-bond donors (Lipinski definition) is 1. The Kier molecular flexibility index (Phi) is 6.49. The number of aryl methyl sites for hydroxylation is 2. The lowest BCUT2D eigenvalue weighted by Gasteiger charge is -2.29. The van der Waals surface area contributed by atoms with E-state index in [0.717, 1.165) is 0 Å².